The third-order valence-corrected chi connectivity index (χ3v) is 4.14. The van der Waals surface area contributed by atoms with Crippen LogP contribution in [0, 0.1) is 0 Å². The van der Waals surface area contributed by atoms with Crippen LogP contribution in [0.3, 0.4) is 0 Å². The zero-order valence-electron chi connectivity index (χ0n) is 11.1. The Balaban J connectivity index is 2.62. The summed E-state index contributed by atoms with van der Waals surface area (Å²) in [6.45, 7) is 0.0611. The van der Waals surface area contributed by atoms with E-state index in [1.54, 1.807) is 24.3 Å². The lowest BCUT2D eigenvalue weighted by Crippen LogP contribution is -2.32. The lowest BCUT2D eigenvalue weighted by molar-refractivity contribution is 0.409. The lowest BCUT2D eigenvalue weighted by Gasteiger charge is -2.11. The number of aromatic nitrogens is 2. The Bertz CT molecular complexity index is 813. The molecular formula is C13H13BrN2O4S. The van der Waals surface area contributed by atoms with Crippen LogP contribution in [0.5, 0.6) is 5.88 Å². The fourth-order valence-electron chi connectivity index (χ4n) is 1.89. The van der Waals surface area contributed by atoms with Crippen molar-refractivity contribution in [1.29, 1.82) is 0 Å². The Labute approximate surface area is 131 Å². The predicted octanol–water partition coefficient (Wildman–Crippen LogP) is 1.05. The van der Waals surface area contributed by atoms with Gasteiger partial charge in [0.2, 0.25) is 5.88 Å². The highest BCUT2D eigenvalue weighted by Gasteiger charge is 2.16. The molecule has 1 heterocycles. The topological polar surface area (TPSA) is 92.2 Å². The maximum absolute atomic E-state index is 12.0. The number of rotatable bonds is 4. The van der Waals surface area contributed by atoms with Gasteiger partial charge in [-0.25, -0.2) is 4.79 Å². The Hall–Kier alpha value is -1.67. The number of halogens is 1. The number of H-pyrrole nitrogens is 1. The average molecular weight is 373 g/mol. The second kappa shape index (κ2) is 6.40. The summed E-state index contributed by atoms with van der Waals surface area (Å²) in [5, 5.41) is 10.2. The SMILES string of the molecule is CS(=O)CCn1c(O)c(-c2cccc(Br)c2)c(=O)[nH]c1=O. The van der Waals surface area contributed by atoms with Crippen molar-refractivity contribution in [2.24, 2.45) is 0 Å². The van der Waals surface area contributed by atoms with Crippen LogP contribution in [0.4, 0.5) is 0 Å². The zero-order valence-corrected chi connectivity index (χ0v) is 13.5. The van der Waals surface area contributed by atoms with Crippen molar-refractivity contribution >= 4 is 26.7 Å². The molecule has 2 aromatic rings. The van der Waals surface area contributed by atoms with Gasteiger partial charge in [0.15, 0.2) is 0 Å². The van der Waals surface area contributed by atoms with Gasteiger partial charge in [-0.3, -0.25) is 18.6 Å². The van der Waals surface area contributed by atoms with Gasteiger partial charge in [-0.1, -0.05) is 28.1 Å². The van der Waals surface area contributed by atoms with E-state index in [0.29, 0.717) is 5.56 Å². The largest absolute Gasteiger partial charge is 0.494 e. The Morgan fingerprint density at radius 2 is 2.10 bits per heavy atom. The molecular weight excluding hydrogens is 360 g/mol. The van der Waals surface area contributed by atoms with Crippen LogP contribution in [0.1, 0.15) is 0 Å². The molecule has 0 aliphatic heterocycles. The Morgan fingerprint density at radius 1 is 1.38 bits per heavy atom. The van der Waals surface area contributed by atoms with E-state index >= 15 is 0 Å². The summed E-state index contributed by atoms with van der Waals surface area (Å²) in [7, 11) is -1.11. The molecule has 21 heavy (non-hydrogen) atoms. The highest BCUT2D eigenvalue weighted by molar-refractivity contribution is 9.10. The number of benzene rings is 1. The molecule has 0 amide bonds. The van der Waals surface area contributed by atoms with Gasteiger partial charge >= 0.3 is 5.69 Å². The fourth-order valence-corrected chi connectivity index (χ4v) is 2.73. The van der Waals surface area contributed by atoms with Crippen LogP contribution in [0.25, 0.3) is 11.1 Å². The van der Waals surface area contributed by atoms with Crippen LogP contribution in [-0.4, -0.2) is 30.9 Å². The van der Waals surface area contributed by atoms with E-state index in [-0.39, 0.29) is 17.9 Å². The number of nitrogens with one attached hydrogen (secondary N) is 1. The van der Waals surface area contributed by atoms with Crippen molar-refractivity contribution in [1.82, 2.24) is 9.55 Å². The summed E-state index contributed by atoms with van der Waals surface area (Å²) < 4.78 is 12.9. The molecule has 1 aromatic heterocycles. The van der Waals surface area contributed by atoms with Gasteiger partial charge in [0.05, 0.1) is 0 Å². The van der Waals surface area contributed by atoms with Crippen LogP contribution in [0.15, 0.2) is 38.3 Å². The van der Waals surface area contributed by atoms with E-state index < -0.39 is 27.9 Å². The van der Waals surface area contributed by atoms with Crippen molar-refractivity contribution in [2.45, 2.75) is 6.54 Å². The smallest absolute Gasteiger partial charge is 0.331 e. The monoisotopic (exact) mass is 372 g/mol. The van der Waals surface area contributed by atoms with E-state index in [4.69, 9.17) is 0 Å². The first-order valence-electron chi connectivity index (χ1n) is 6.02. The summed E-state index contributed by atoms with van der Waals surface area (Å²) >= 11 is 3.29. The highest BCUT2D eigenvalue weighted by atomic mass is 79.9. The van der Waals surface area contributed by atoms with Gasteiger partial charge in [-0.15, -0.1) is 0 Å². The summed E-state index contributed by atoms with van der Waals surface area (Å²) in [6.07, 6.45) is 1.50. The van der Waals surface area contributed by atoms with Crippen molar-refractivity contribution in [2.75, 3.05) is 12.0 Å². The van der Waals surface area contributed by atoms with Gasteiger partial charge < -0.3 is 5.11 Å². The van der Waals surface area contributed by atoms with Gasteiger partial charge in [0.25, 0.3) is 5.56 Å². The first kappa shape index (κ1) is 15.7. The van der Waals surface area contributed by atoms with Crippen LogP contribution in [0.2, 0.25) is 0 Å². The summed E-state index contributed by atoms with van der Waals surface area (Å²) in [4.78, 5) is 25.9. The first-order chi connectivity index (χ1) is 9.90. The molecule has 1 aromatic carbocycles. The summed E-state index contributed by atoms with van der Waals surface area (Å²) in [5.74, 6) is -0.218. The van der Waals surface area contributed by atoms with E-state index in [1.165, 1.54) is 6.26 Å². The number of aromatic hydroxyl groups is 1. The molecule has 0 aliphatic rings. The molecule has 0 bridgehead atoms. The Kier molecular flexibility index (Phi) is 4.79. The molecule has 8 heteroatoms. The minimum atomic E-state index is -1.11. The molecule has 0 saturated heterocycles. The standard InChI is InChI=1S/C13H13BrN2O4S/c1-21(20)6-5-16-12(18)10(11(17)15-13(16)19)8-3-2-4-9(14)7-8/h2-4,7,18H,5-6H2,1H3,(H,15,17,19). The number of nitrogens with zero attached hydrogens (tertiary/aromatic N) is 1. The lowest BCUT2D eigenvalue weighted by atomic mass is 10.1. The second-order valence-corrected chi connectivity index (χ2v) is 6.87. The third kappa shape index (κ3) is 3.51. The van der Waals surface area contributed by atoms with E-state index in [2.05, 4.69) is 20.9 Å². The van der Waals surface area contributed by atoms with Crippen LogP contribution < -0.4 is 11.2 Å². The molecule has 2 N–H and O–H groups in total. The third-order valence-electron chi connectivity index (χ3n) is 2.89. The van der Waals surface area contributed by atoms with E-state index in [9.17, 15) is 18.9 Å². The van der Waals surface area contributed by atoms with Gasteiger partial charge in [-0.2, -0.15) is 0 Å². The quantitative estimate of drug-likeness (QED) is 0.838. The van der Waals surface area contributed by atoms with Gasteiger partial charge in [0.1, 0.15) is 5.56 Å². The normalized spacial score (nSPS) is 12.3. The molecule has 112 valence electrons. The molecule has 1 unspecified atom stereocenters. The molecule has 1 atom stereocenters. The summed E-state index contributed by atoms with van der Waals surface area (Å²) in [5.41, 5.74) is -0.890. The summed E-state index contributed by atoms with van der Waals surface area (Å²) in [6, 6.07) is 6.82. The van der Waals surface area contributed by atoms with Crippen molar-refractivity contribution in [3.8, 4) is 17.0 Å². The van der Waals surface area contributed by atoms with Crippen molar-refractivity contribution < 1.29 is 9.32 Å². The van der Waals surface area contributed by atoms with Crippen LogP contribution in [-0.2, 0) is 17.3 Å². The molecule has 0 fully saturated rings. The molecule has 2 rings (SSSR count). The minimum Gasteiger partial charge on any atom is -0.494 e. The highest BCUT2D eigenvalue weighted by Crippen LogP contribution is 2.26. The van der Waals surface area contributed by atoms with Crippen LogP contribution >= 0.6 is 15.9 Å². The molecule has 0 saturated carbocycles. The van der Waals surface area contributed by atoms with Crippen molar-refractivity contribution in [3.63, 3.8) is 0 Å². The Morgan fingerprint density at radius 3 is 2.71 bits per heavy atom. The average Bonchev–Trinajstić information content (AvgIpc) is 2.37. The zero-order chi connectivity index (χ0) is 15.6. The molecule has 0 spiro atoms. The predicted molar refractivity (Wildman–Crippen MR) is 85.1 cm³/mol. The van der Waals surface area contributed by atoms with Gasteiger partial charge in [0, 0.05) is 33.8 Å². The number of aromatic amines is 1. The second-order valence-electron chi connectivity index (χ2n) is 4.40. The molecule has 0 radical (unpaired) electrons. The number of hydrogen-bond acceptors (Lipinski definition) is 4. The first-order valence-corrected chi connectivity index (χ1v) is 8.54. The maximum atomic E-state index is 12.0. The van der Waals surface area contributed by atoms with Crippen molar-refractivity contribution in [3.05, 3.63) is 49.6 Å². The van der Waals surface area contributed by atoms with E-state index in [0.717, 1.165) is 9.04 Å². The minimum absolute atomic E-state index is 0.0118. The molecule has 0 aliphatic carbocycles. The molecule has 6 nitrogen and oxygen atoms in total. The van der Waals surface area contributed by atoms with E-state index in [1.807, 2.05) is 0 Å². The number of hydrogen-bond donors (Lipinski definition) is 2. The maximum Gasteiger partial charge on any atom is 0.331 e. The fraction of sp³-hybridized carbons (Fsp3) is 0.231. The van der Waals surface area contributed by atoms with Gasteiger partial charge in [-0.05, 0) is 17.7 Å².